The van der Waals surface area contributed by atoms with Crippen molar-refractivity contribution >= 4 is 19.8 Å². The molecular weight excluding hydrogens is 713 g/mol. The molecule has 0 aromatic rings. The summed E-state index contributed by atoms with van der Waals surface area (Å²) in [5.74, 6) is -0.839. The summed E-state index contributed by atoms with van der Waals surface area (Å²) in [5, 5.41) is 0. The van der Waals surface area contributed by atoms with Gasteiger partial charge in [-0.15, -0.1) is 0 Å². The Morgan fingerprint density at radius 3 is 1.44 bits per heavy atom. The molecule has 0 amide bonds. The summed E-state index contributed by atoms with van der Waals surface area (Å²) in [6.07, 6.45) is 45.9. The zero-order chi connectivity index (χ0) is 40.3. The molecule has 3 N–H and O–H groups in total. The third-order valence-electron chi connectivity index (χ3n) is 9.50. The zero-order valence-corrected chi connectivity index (χ0v) is 36.3. The number of unbranched alkanes of at least 4 members (excludes halogenated alkanes) is 23. The Morgan fingerprint density at radius 2 is 0.945 bits per heavy atom. The van der Waals surface area contributed by atoms with Crippen molar-refractivity contribution in [3.63, 3.8) is 0 Å². The Hall–Kier alpha value is -1.77. The lowest BCUT2D eigenvalue weighted by Crippen LogP contribution is -2.29. The van der Waals surface area contributed by atoms with Crippen LogP contribution in [0.3, 0.4) is 0 Å². The van der Waals surface area contributed by atoms with Crippen molar-refractivity contribution in [3.8, 4) is 0 Å². The lowest BCUT2D eigenvalue weighted by Gasteiger charge is -2.19. The van der Waals surface area contributed by atoms with Gasteiger partial charge >= 0.3 is 19.8 Å². The Morgan fingerprint density at radius 1 is 0.545 bits per heavy atom. The molecule has 55 heavy (non-hydrogen) atoms. The molecule has 0 rings (SSSR count). The molecule has 0 aromatic heterocycles. The topological polar surface area (TPSA) is 134 Å². The fraction of sp³-hybridized carbons (Fsp3) is 0.822. The maximum Gasteiger partial charge on any atom is 0.472 e. The Kier molecular flexibility index (Phi) is 40.5. The highest BCUT2D eigenvalue weighted by Crippen LogP contribution is 2.43. The fourth-order valence-corrected chi connectivity index (χ4v) is 6.89. The molecule has 0 aliphatic carbocycles. The Balaban J connectivity index is 4.14. The summed E-state index contributed by atoms with van der Waals surface area (Å²) in [7, 11) is -4.38. The van der Waals surface area contributed by atoms with Gasteiger partial charge in [0.15, 0.2) is 6.10 Å². The van der Waals surface area contributed by atoms with Crippen LogP contribution in [0.1, 0.15) is 206 Å². The second-order valence-electron chi connectivity index (χ2n) is 14.9. The molecule has 0 heterocycles. The van der Waals surface area contributed by atoms with Crippen molar-refractivity contribution in [3.05, 3.63) is 36.5 Å². The first kappa shape index (κ1) is 53.2. The Labute approximate surface area is 337 Å². The summed E-state index contributed by atoms with van der Waals surface area (Å²) < 4.78 is 32.8. The molecule has 0 saturated heterocycles. The van der Waals surface area contributed by atoms with E-state index < -0.39 is 26.5 Å². The number of allylic oxidation sites excluding steroid dienone is 6. The van der Waals surface area contributed by atoms with Gasteiger partial charge in [-0.3, -0.25) is 18.6 Å². The quantitative estimate of drug-likeness (QED) is 0.0268. The number of phosphoric acid groups is 1. The summed E-state index contributed by atoms with van der Waals surface area (Å²) in [6.45, 7) is 3.70. The second-order valence-corrected chi connectivity index (χ2v) is 16.4. The molecule has 0 bridgehead atoms. The van der Waals surface area contributed by atoms with Crippen molar-refractivity contribution in [2.75, 3.05) is 26.4 Å². The average molecular weight is 798 g/mol. The van der Waals surface area contributed by atoms with Crippen molar-refractivity contribution in [2.24, 2.45) is 5.73 Å². The van der Waals surface area contributed by atoms with E-state index in [4.69, 9.17) is 24.3 Å². The highest BCUT2D eigenvalue weighted by molar-refractivity contribution is 7.47. The van der Waals surface area contributed by atoms with Gasteiger partial charge in [-0.05, 0) is 70.6 Å². The maximum atomic E-state index is 12.6. The zero-order valence-electron chi connectivity index (χ0n) is 35.4. The number of ether oxygens (including phenoxy) is 2. The number of rotatable bonds is 42. The molecule has 0 aliphatic rings. The van der Waals surface area contributed by atoms with Gasteiger partial charge in [-0.2, -0.15) is 0 Å². The highest BCUT2D eigenvalue weighted by Gasteiger charge is 2.26. The van der Waals surface area contributed by atoms with Crippen molar-refractivity contribution in [2.45, 2.75) is 213 Å². The summed E-state index contributed by atoms with van der Waals surface area (Å²) in [5.41, 5.74) is 5.35. The molecule has 9 nitrogen and oxygen atoms in total. The van der Waals surface area contributed by atoms with E-state index >= 15 is 0 Å². The van der Waals surface area contributed by atoms with Crippen molar-refractivity contribution < 1.29 is 37.6 Å². The molecule has 0 fully saturated rings. The molecule has 0 saturated carbocycles. The van der Waals surface area contributed by atoms with Crippen molar-refractivity contribution in [1.29, 1.82) is 0 Å². The van der Waals surface area contributed by atoms with E-state index in [9.17, 15) is 19.0 Å². The predicted octanol–water partition coefficient (Wildman–Crippen LogP) is 12.9. The first-order chi connectivity index (χ1) is 26.8. The number of hydrogen-bond acceptors (Lipinski definition) is 8. The van der Waals surface area contributed by atoms with Crippen LogP contribution in [0, 0.1) is 0 Å². The lowest BCUT2D eigenvalue weighted by atomic mass is 10.1. The summed E-state index contributed by atoms with van der Waals surface area (Å²) in [4.78, 5) is 34.9. The van der Waals surface area contributed by atoms with Crippen molar-refractivity contribution in [1.82, 2.24) is 0 Å². The first-order valence-electron chi connectivity index (χ1n) is 22.5. The van der Waals surface area contributed by atoms with E-state index in [2.05, 4.69) is 50.3 Å². The minimum absolute atomic E-state index is 0.0512. The van der Waals surface area contributed by atoms with Crippen LogP contribution in [-0.2, 0) is 32.7 Å². The van der Waals surface area contributed by atoms with Gasteiger partial charge in [0.05, 0.1) is 13.2 Å². The van der Waals surface area contributed by atoms with Gasteiger partial charge in [-0.25, -0.2) is 4.57 Å². The fourth-order valence-electron chi connectivity index (χ4n) is 6.13. The van der Waals surface area contributed by atoms with Crippen LogP contribution in [0.5, 0.6) is 0 Å². The van der Waals surface area contributed by atoms with E-state index in [1.54, 1.807) is 0 Å². The molecule has 0 aliphatic heterocycles. The maximum absolute atomic E-state index is 12.6. The number of nitrogens with two attached hydrogens (primary N) is 1. The van der Waals surface area contributed by atoms with Gasteiger partial charge in [-0.1, -0.05) is 159 Å². The summed E-state index contributed by atoms with van der Waals surface area (Å²) >= 11 is 0. The first-order valence-corrected chi connectivity index (χ1v) is 24.0. The lowest BCUT2D eigenvalue weighted by molar-refractivity contribution is -0.161. The normalized spacial score (nSPS) is 13.6. The number of esters is 2. The van der Waals surface area contributed by atoms with E-state index in [1.807, 2.05) is 0 Å². The SMILES string of the molecule is CCCCC/C=C\C/C=C\CCCCCCCCCC(=O)OC(COC(=O)CCCCCCCCC/C=C\CCCCCCCC)COP(=O)(O)OCCN. The summed E-state index contributed by atoms with van der Waals surface area (Å²) in [6, 6.07) is 0. The molecule has 2 atom stereocenters. The van der Waals surface area contributed by atoms with E-state index in [0.29, 0.717) is 6.42 Å². The van der Waals surface area contributed by atoms with Gasteiger partial charge in [0.2, 0.25) is 0 Å². The van der Waals surface area contributed by atoms with Crippen LogP contribution in [-0.4, -0.2) is 49.3 Å². The number of carbonyl (C=O) groups is 2. The smallest absolute Gasteiger partial charge is 0.462 e. The minimum Gasteiger partial charge on any atom is -0.462 e. The molecule has 322 valence electrons. The number of carbonyl (C=O) groups excluding carboxylic acids is 2. The molecule has 0 radical (unpaired) electrons. The predicted molar refractivity (Wildman–Crippen MR) is 229 cm³/mol. The van der Waals surface area contributed by atoms with E-state index in [0.717, 1.165) is 64.2 Å². The molecule has 10 heteroatoms. The monoisotopic (exact) mass is 798 g/mol. The Bertz CT molecular complexity index is 1000. The van der Waals surface area contributed by atoms with E-state index in [-0.39, 0.29) is 38.6 Å². The van der Waals surface area contributed by atoms with Crippen LogP contribution < -0.4 is 5.73 Å². The van der Waals surface area contributed by atoms with Gasteiger partial charge in [0.1, 0.15) is 6.61 Å². The van der Waals surface area contributed by atoms with Crippen LogP contribution >= 0.6 is 7.82 Å². The second kappa shape index (κ2) is 41.9. The van der Waals surface area contributed by atoms with Gasteiger partial charge in [0, 0.05) is 19.4 Å². The van der Waals surface area contributed by atoms with Crippen LogP contribution in [0.25, 0.3) is 0 Å². The van der Waals surface area contributed by atoms with Crippen LogP contribution in [0.4, 0.5) is 0 Å². The molecule has 0 aromatic carbocycles. The third kappa shape index (κ3) is 41.7. The number of hydrogen-bond donors (Lipinski definition) is 2. The van der Waals surface area contributed by atoms with Crippen LogP contribution in [0.15, 0.2) is 36.5 Å². The average Bonchev–Trinajstić information content (AvgIpc) is 3.17. The largest absolute Gasteiger partial charge is 0.472 e. The van der Waals surface area contributed by atoms with Gasteiger partial charge in [0.25, 0.3) is 0 Å². The molecular formula is C45H84NO8P. The molecule has 2 unspecified atom stereocenters. The number of phosphoric ester groups is 1. The van der Waals surface area contributed by atoms with Crippen LogP contribution in [0.2, 0.25) is 0 Å². The minimum atomic E-state index is -4.38. The highest BCUT2D eigenvalue weighted by atomic mass is 31.2. The third-order valence-corrected chi connectivity index (χ3v) is 10.5. The van der Waals surface area contributed by atoms with Gasteiger partial charge < -0.3 is 20.1 Å². The molecule has 0 spiro atoms. The standard InChI is InChI=1S/C45H84NO8P/c1-3-5-7-9-11-13-15-17-19-21-23-25-27-29-31-33-35-37-44(47)51-41-43(42-53-55(49,50)52-40-39-46)54-45(48)38-36-34-32-30-28-26-24-22-20-18-16-14-12-10-8-6-4-2/h12,14,17-20,43H,3-11,13,15-16,21-42,46H2,1-2H3,(H,49,50)/b14-12-,19-17-,20-18-. The van der Waals surface area contributed by atoms with E-state index in [1.165, 1.54) is 109 Å².